The molecule has 2 N–H and O–H groups in total. The largest absolute Gasteiger partial charge is 0.395 e. The van der Waals surface area contributed by atoms with Crippen LogP contribution in [0.25, 0.3) is 0 Å². The molecule has 0 amide bonds. The minimum atomic E-state index is -3.71. The van der Waals surface area contributed by atoms with E-state index in [2.05, 4.69) is 9.71 Å². The van der Waals surface area contributed by atoms with Gasteiger partial charge in [-0.15, -0.1) is 0 Å². The summed E-state index contributed by atoms with van der Waals surface area (Å²) in [4.78, 5) is 3.57. The summed E-state index contributed by atoms with van der Waals surface area (Å²) < 4.78 is 25.6. The Bertz CT molecular complexity index is 435. The predicted octanol–water partition coefficient (Wildman–Crippen LogP) is 0.394. The van der Waals surface area contributed by atoms with Gasteiger partial charge in [-0.1, -0.05) is 11.6 Å². The number of sulfonamides is 1. The maximum atomic E-state index is 11.7. The fraction of sp³-hybridized carbons (Fsp3) is 0.375. The first-order chi connectivity index (χ1) is 6.97. The lowest BCUT2D eigenvalue weighted by atomic mass is 10.4. The summed E-state index contributed by atoms with van der Waals surface area (Å²) in [5, 5.41) is 8.65. The van der Waals surface area contributed by atoms with Gasteiger partial charge in [-0.3, -0.25) is 0 Å². The first kappa shape index (κ1) is 12.4. The van der Waals surface area contributed by atoms with Gasteiger partial charge in [-0.2, -0.15) is 0 Å². The number of nitrogens with zero attached hydrogens (tertiary/aromatic N) is 1. The van der Waals surface area contributed by atoms with Gasteiger partial charge in [-0.25, -0.2) is 18.1 Å². The van der Waals surface area contributed by atoms with E-state index in [4.69, 9.17) is 16.7 Å². The minimum absolute atomic E-state index is 0.0878. The van der Waals surface area contributed by atoms with Crippen molar-refractivity contribution in [3.63, 3.8) is 0 Å². The zero-order valence-electron chi connectivity index (χ0n) is 8.01. The summed E-state index contributed by atoms with van der Waals surface area (Å²) in [5.41, 5.74) is 0. The normalized spacial score (nSPS) is 13.8. The second-order valence-corrected chi connectivity index (χ2v) is 5.04. The van der Waals surface area contributed by atoms with Crippen LogP contribution in [0, 0.1) is 0 Å². The van der Waals surface area contributed by atoms with E-state index in [0.29, 0.717) is 0 Å². The van der Waals surface area contributed by atoms with E-state index < -0.39 is 16.1 Å². The molecule has 0 aromatic carbocycles. The molecule has 0 aliphatic heterocycles. The Hall–Kier alpha value is -0.690. The van der Waals surface area contributed by atoms with Gasteiger partial charge < -0.3 is 5.11 Å². The Morgan fingerprint density at radius 2 is 2.33 bits per heavy atom. The van der Waals surface area contributed by atoms with Crippen LogP contribution in [0.3, 0.4) is 0 Å². The summed E-state index contributed by atoms with van der Waals surface area (Å²) in [5.74, 6) is 0. The van der Waals surface area contributed by atoms with Gasteiger partial charge in [0.15, 0.2) is 0 Å². The van der Waals surface area contributed by atoms with Crippen LogP contribution in [0.15, 0.2) is 23.2 Å². The summed E-state index contributed by atoms with van der Waals surface area (Å²) in [6, 6.07) is 2.26. The molecule has 0 bridgehead atoms. The Kier molecular flexibility index (Phi) is 4.04. The van der Waals surface area contributed by atoms with E-state index >= 15 is 0 Å². The highest BCUT2D eigenvalue weighted by Crippen LogP contribution is 2.17. The Morgan fingerprint density at radius 3 is 2.87 bits per heavy atom. The Morgan fingerprint density at radius 1 is 1.67 bits per heavy atom. The monoisotopic (exact) mass is 250 g/mol. The van der Waals surface area contributed by atoms with Crippen LogP contribution in [0.2, 0.25) is 5.15 Å². The molecule has 0 fully saturated rings. The second kappa shape index (κ2) is 4.89. The standard InChI is InChI=1S/C8H11ClN2O3S/c1-6(5-12)11-15(13,14)7-3-2-4-10-8(7)9/h2-4,6,11-12H,5H2,1H3/t6-/m0/s1. The van der Waals surface area contributed by atoms with Gasteiger partial charge >= 0.3 is 0 Å². The molecule has 0 spiro atoms. The highest BCUT2D eigenvalue weighted by Gasteiger charge is 2.20. The van der Waals surface area contributed by atoms with Gasteiger partial charge in [0.05, 0.1) is 6.61 Å². The molecule has 1 heterocycles. The number of pyridine rings is 1. The number of hydrogen-bond acceptors (Lipinski definition) is 4. The molecule has 0 aliphatic rings. The third kappa shape index (κ3) is 3.13. The number of aromatic nitrogens is 1. The van der Waals surface area contributed by atoms with Crippen molar-refractivity contribution in [3.8, 4) is 0 Å². The first-order valence-corrected chi connectivity index (χ1v) is 6.07. The number of hydrogen-bond donors (Lipinski definition) is 2. The third-order valence-corrected chi connectivity index (χ3v) is 3.68. The molecule has 1 rings (SSSR count). The summed E-state index contributed by atoms with van der Waals surface area (Å²) in [6.45, 7) is 1.26. The highest BCUT2D eigenvalue weighted by atomic mass is 35.5. The van der Waals surface area contributed by atoms with Crippen molar-refractivity contribution in [2.75, 3.05) is 6.61 Å². The van der Waals surface area contributed by atoms with Crippen molar-refractivity contribution >= 4 is 21.6 Å². The van der Waals surface area contributed by atoms with E-state index in [1.807, 2.05) is 0 Å². The van der Waals surface area contributed by atoms with Crippen LogP contribution >= 0.6 is 11.6 Å². The number of aliphatic hydroxyl groups is 1. The molecular weight excluding hydrogens is 240 g/mol. The maximum Gasteiger partial charge on any atom is 0.243 e. The quantitative estimate of drug-likeness (QED) is 0.758. The van der Waals surface area contributed by atoms with Crippen LogP contribution in [0.5, 0.6) is 0 Å². The van der Waals surface area contributed by atoms with E-state index in [1.54, 1.807) is 6.92 Å². The lowest BCUT2D eigenvalue weighted by Gasteiger charge is -2.11. The van der Waals surface area contributed by atoms with E-state index in [-0.39, 0.29) is 16.7 Å². The zero-order chi connectivity index (χ0) is 11.5. The summed E-state index contributed by atoms with van der Waals surface area (Å²) in [7, 11) is -3.71. The van der Waals surface area contributed by atoms with Crippen LogP contribution in [-0.2, 0) is 10.0 Å². The van der Waals surface area contributed by atoms with Crippen molar-refractivity contribution in [3.05, 3.63) is 23.5 Å². The smallest absolute Gasteiger partial charge is 0.243 e. The third-order valence-electron chi connectivity index (χ3n) is 1.64. The molecule has 1 aromatic rings. The van der Waals surface area contributed by atoms with Crippen LogP contribution in [0.1, 0.15) is 6.92 Å². The van der Waals surface area contributed by atoms with Crippen molar-refractivity contribution in [2.24, 2.45) is 0 Å². The number of aliphatic hydroxyl groups excluding tert-OH is 1. The minimum Gasteiger partial charge on any atom is -0.395 e. The van der Waals surface area contributed by atoms with Crippen LogP contribution in [-0.4, -0.2) is 31.2 Å². The van der Waals surface area contributed by atoms with Crippen molar-refractivity contribution < 1.29 is 13.5 Å². The lowest BCUT2D eigenvalue weighted by Crippen LogP contribution is -2.35. The fourth-order valence-electron chi connectivity index (χ4n) is 0.937. The van der Waals surface area contributed by atoms with Crippen LogP contribution < -0.4 is 4.72 Å². The molecule has 7 heteroatoms. The summed E-state index contributed by atoms with van der Waals surface area (Å²) >= 11 is 5.64. The fourth-order valence-corrected chi connectivity index (χ4v) is 2.62. The summed E-state index contributed by atoms with van der Waals surface area (Å²) in [6.07, 6.45) is 1.40. The first-order valence-electron chi connectivity index (χ1n) is 4.21. The molecule has 0 saturated carbocycles. The topological polar surface area (TPSA) is 79.3 Å². The Balaban J connectivity index is 3.02. The van der Waals surface area contributed by atoms with Gasteiger partial charge in [0, 0.05) is 12.2 Å². The Labute approximate surface area is 93.2 Å². The van der Waals surface area contributed by atoms with Gasteiger partial charge in [0.2, 0.25) is 10.0 Å². The predicted molar refractivity (Wildman–Crippen MR) is 56.1 cm³/mol. The molecule has 0 aliphatic carbocycles. The van der Waals surface area contributed by atoms with E-state index in [0.717, 1.165) is 0 Å². The lowest BCUT2D eigenvalue weighted by molar-refractivity contribution is 0.265. The zero-order valence-corrected chi connectivity index (χ0v) is 9.59. The van der Waals surface area contributed by atoms with Crippen molar-refractivity contribution in [1.29, 1.82) is 0 Å². The molecule has 0 saturated heterocycles. The van der Waals surface area contributed by atoms with E-state index in [1.165, 1.54) is 18.3 Å². The van der Waals surface area contributed by atoms with Crippen LogP contribution in [0.4, 0.5) is 0 Å². The molecule has 0 radical (unpaired) electrons. The molecular formula is C8H11ClN2O3S. The van der Waals surface area contributed by atoms with E-state index in [9.17, 15) is 8.42 Å². The van der Waals surface area contributed by atoms with Crippen molar-refractivity contribution in [1.82, 2.24) is 9.71 Å². The average molecular weight is 251 g/mol. The number of halogens is 1. The van der Waals surface area contributed by atoms with Crippen molar-refractivity contribution in [2.45, 2.75) is 17.9 Å². The SMILES string of the molecule is C[C@@H](CO)NS(=O)(=O)c1cccnc1Cl. The molecule has 0 unspecified atom stereocenters. The van der Waals surface area contributed by atoms with Gasteiger partial charge in [0.25, 0.3) is 0 Å². The molecule has 1 atom stereocenters. The second-order valence-electron chi connectivity index (χ2n) is 3.00. The average Bonchev–Trinajstić information content (AvgIpc) is 2.17. The maximum absolute atomic E-state index is 11.7. The molecule has 84 valence electrons. The van der Waals surface area contributed by atoms with Gasteiger partial charge in [-0.05, 0) is 19.1 Å². The van der Waals surface area contributed by atoms with Gasteiger partial charge in [0.1, 0.15) is 10.0 Å². The number of nitrogens with one attached hydrogen (secondary N) is 1. The number of rotatable bonds is 4. The highest BCUT2D eigenvalue weighted by molar-refractivity contribution is 7.89. The molecule has 15 heavy (non-hydrogen) atoms. The molecule has 1 aromatic heterocycles. The molecule has 5 nitrogen and oxygen atoms in total.